The molecule has 0 fully saturated rings. The van der Waals surface area contributed by atoms with Crippen molar-refractivity contribution in [2.75, 3.05) is 6.61 Å². The van der Waals surface area contributed by atoms with Gasteiger partial charge in [0, 0.05) is 16.6 Å². The van der Waals surface area contributed by atoms with E-state index in [9.17, 15) is 0 Å². The van der Waals surface area contributed by atoms with Gasteiger partial charge in [0.15, 0.2) is 0 Å². The van der Waals surface area contributed by atoms with E-state index in [1.54, 1.807) is 0 Å². The third-order valence-corrected chi connectivity index (χ3v) is 4.63. The predicted molar refractivity (Wildman–Crippen MR) is 104 cm³/mol. The maximum absolute atomic E-state index is 5.89. The van der Waals surface area contributed by atoms with Crippen LogP contribution in [0.25, 0.3) is 11.0 Å². The van der Waals surface area contributed by atoms with Gasteiger partial charge in [0.05, 0.1) is 28.7 Å². The van der Waals surface area contributed by atoms with Crippen molar-refractivity contribution in [3.8, 4) is 5.75 Å². The monoisotopic (exact) mass is 451 g/mol. The summed E-state index contributed by atoms with van der Waals surface area (Å²) < 4.78 is 7.88. The van der Waals surface area contributed by atoms with Crippen LogP contribution in [0.15, 0.2) is 45.3 Å². The van der Waals surface area contributed by atoms with Gasteiger partial charge in [-0.25, -0.2) is 4.98 Å². The van der Waals surface area contributed by atoms with Crippen LogP contribution in [-0.2, 0) is 13.1 Å². The van der Waals surface area contributed by atoms with Gasteiger partial charge >= 0.3 is 0 Å². The largest absolute Gasteiger partial charge is 0.492 e. The Labute approximate surface area is 158 Å². The van der Waals surface area contributed by atoms with E-state index in [0.717, 1.165) is 43.5 Å². The summed E-state index contributed by atoms with van der Waals surface area (Å²) in [5, 5.41) is 3.43. The molecular formula is C18H19Br2N3O. The van der Waals surface area contributed by atoms with Crippen LogP contribution < -0.4 is 10.1 Å². The topological polar surface area (TPSA) is 49.9 Å². The number of halogens is 2. The average Bonchev–Trinajstić information content (AvgIpc) is 2.96. The van der Waals surface area contributed by atoms with Gasteiger partial charge in [0.25, 0.3) is 0 Å². The van der Waals surface area contributed by atoms with Crippen LogP contribution in [0.4, 0.5) is 0 Å². The van der Waals surface area contributed by atoms with Crippen molar-refractivity contribution < 1.29 is 4.74 Å². The van der Waals surface area contributed by atoms with Crippen molar-refractivity contribution in [2.24, 2.45) is 0 Å². The number of rotatable bonds is 7. The Morgan fingerprint density at radius 3 is 2.79 bits per heavy atom. The molecule has 126 valence electrons. The SMILES string of the molecule is CCCOc1c(Br)cc(Br)cc1CNCc1nc2ccccc2[nH]1. The van der Waals surface area contributed by atoms with Gasteiger partial charge in [0.1, 0.15) is 11.6 Å². The third-order valence-electron chi connectivity index (χ3n) is 3.58. The summed E-state index contributed by atoms with van der Waals surface area (Å²) in [6.45, 7) is 4.18. The van der Waals surface area contributed by atoms with E-state index in [0.29, 0.717) is 19.7 Å². The lowest BCUT2D eigenvalue weighted by molar-refractivity contribution is 0.311. The molecule has 0 aliphatic heterocycles. The number of benzene rings is 2. The number of aromatic nitrogens is 2. The zero-order valence-electron chi connectivity index (χ0n) is 13.4. The Morgan fingerprint density at radius 1 is 1.17 bits per heavy atom. The van der Waals surface area contributed by atoms with E-state index in [1.807, 2.05) is 30.3 Å². The number of hydrogen-bond donors (Lipinski definition) is 2. The molecule has 0 aliphatic carbocycles. The summed E-state index contributed by atoms with van der Waals surface area (Å²) in [5.74, 6) is 1.83. The molecule has 3 aromatic rings. The molecule has 0 bridgehead atoms. The van der Waals surface area contributed by atoms with Crippen LogP contribution in [0, 0.1) is 0 Å². The number of aromatic amines is 1. The zero-order chi connectivity index (χ0) is 16.9. The molecule has 2 N–H and O–H groups in total. The molecule has 0 amide bonds. The summed E-state index contributed by atoms with van der Waals surface area (Å²) in [6.07, 6.45) is 0.981. The summed E-state index contributed by atoms with van der Waals surface area (Å²) in [4.78, 5) is 7.91. The maximum Gasteiger partial charge on any atom is 0.138 e. The molecule has 0 unspecified atom stereocenters. The fourth-order valence-electron chi connectivity index (χ4n) is 2.52. The highest BCUT2D eigenvalue weighted by molar-refractivity contribution is 9.11. The standard InChI is InChI=1S/C18H19Br2N3O/c1-2-7-24-18-12(8-13(19)9-14(18)20)10-21-11-17-22-15-5-3-4-6-16(15)23-17/h3-6,8-9,21H,2,7,10-11H2,1H3,(H,22,23). The van der Waals surface area contributed by atoms with Gasteiger partial charge < -0.3 is 15.0 Å². The minimum atomic E-state index is 0.673. The van der Waals surface area contributed by atoms with Crippen molar-refractivity contribution in [3.05, 3.63) is 56.7 Å². The van der Waals surface area contributed by atoms with Gasteiger partial charge in [-0.1, -0.05) is 35.0 Å². The number of H-pyrrole nitrogens is 1. The summed E-state index contributed by atoms with van der Waals surface area (Å²) in [6, 6.07) is 12.1. The zero-order valence-corrected chi connectivity index (χ0v) is 16.6. The lowest BCUT2D eigenvalue weighted by Gasteiger charge is -2.14. The van der Waals surface area contributed by atoms with Crippen molar-refractivity contribution in [1.82, 2.24) is 15.3 Å². The Hall–Kier alpha value is -1.37. The summed E-state index contributed by atoms with van der Waals surface area (Å²) in [5.41, 5.74) is 3.17. The number of imidazole rings is 1. The van der Waals surface area contributed by atoms with E-state index in [4.69, 9.17) is 4.74 Å². The number of nitrogens with zero attached hydrogens (tertiary/aromatic N) is 1. The first-order valence-corrected chi connectivity index (χ1v) is 9.51. The normalized spacial score (nSPS) is 11.1. The molecule has 3 rings (SSSR count). The Kier molecular flexibility index (Phi) is 5.92. The second-order valence-corrected chi connectivity index (χ2v) is 7.30. The first-order valence-electron chi connectivity index (χ1n) is 7.92. The predicted octanol–water partition coefficient (Wildman–Crippen LogP) is 5.17. The minimum absolute atomic E-state index is 0.673. The van der Waals surface area contributed by atoms with Crippen LogP contribution >= 0.6 is 31.9 Å². The molecule has 4 nitrogen and oxygen atoms in total. The maximum atomic E-state index is 5.89. The molecular weight excluding hydrogens is 434 g/mol. The molecule has 0 aliphatic rings. The van der Waals surface area contributed by atoms with Crippen molar-refractivity contribution in [2.45, 2.75) is 26.4 Å². The van der Waals surface area contributed by atoms with E-state index in [2.05, 4.69) is 60.1 Å². The average molecular weight is 453 g/mol. The van der Waals surface area contributed by atoms with Gasteiger partial charge in [-0.2, -0.15) is 0 Å². The van der Waals surface area contributed by atoms with Crippen LogP contribution in [-0.4, -0.2) is 16.6 Å². The highest BCUT2D eigenvalue weighted by atomic mass is 79.9. The summed E-state index contributed by atoms with van der Waals surface area (Å²) in [7, 11) is 0. The Balaban J connectivity index is 1.69. The van der Waals surface area contributed by atoms with Crippen LogP contribution in [0.2, 0.25) is 0 Å². The quantitative estimate of drug-likeness (QED) is 0.520. The third kappa shape index (κ3) is 4.18. The van der Waals surface area contributed by atoms with Crippen molar-refractivity contribution in [1.29, 1.82) is 0 Å². The minimum Gasteiger partial charge on any atom is -0.492 e. The van der Waals surface area contributed by atoms with E-state index in [-0.39, 0.29) is 0 Å². The van der Waals surface area contributed by atoms with Crippen molar-refractivity contribution in [3.63, 3.8) is 0 Å². The molecule has 24 heavy (non-hydrogen) atoms. The van der Waals surface area contributed by atoms with E-state index in [1.165, 1.54) is 0 Å². The fourth-order valence-corrected chi connectivity index (χ4v) is 3.94. The number of nitrogens with one attached hydrogen (secondary N) is 2. The van der Waals surface area contributed by atoms with Gasteiger partial charge in [-0.05, 0) is 46.6 Å². The number of fused-ring (bicyclic) bond motifs is 1. The summed E-state index contributed by atoms with van der Waals surface area (Å²) >= 11 is 7.13. The molecule has 0 atom stereocenters. The van der Waals surface area contributed by atoms with Crippen molar-refractivity contribution >= 4 is 42.9 Å². The van der Waals surface area contributed by atoms with Gasteiger partial charge in [0.2, 0.25) is 0 Å². The first-order chi connectivity index (χ1) is 11.7. The van der Waals surface area contributed by atoms with Crippen LogP contribution in [0.3, 0.4) is 0 Å². The molecule has 1 aromatic heterocycles. The Bertz CT molecular complexity index is 799. The second-order valence-electron chi connectivity index (χ2n) is 5.53. The van der Waals surface area contributed by atoms with Gasteiger partial charge in [-0.3, -0.25) is 0 Å². The van der Waals surface area contributed by atoms with E-state index < -0.39 is 0 Å². The number of para-hydroxylation sites is 2. The molecule has 1 heterocycles. The second kappa shape index (κ2) is 8.14. The lowest BCUT2D eigenvalue weighted by Crippen LogP contribution is -2.15. The molecule has 0 saturated heterocycles. The molecule has 0 saturated carbocycles. The van der Waals surface area contributed by atoms with Gasteiger partial charge in [-0.15, -0.1) is 0 Å². The van der Waals surface area contributed by atoms with Crippen LogP contribution in [0.5, 0.6) is 5.75 Å². The fraction of sp³-hybridized carbons (Fsp3) is 0.278. The molecule has 0 radical (unpaired) electrons. The smallest absolute Gasteiger partial charge is 0.138 e. The first kappa shape index (κ1) is 17.5. The number of ether oxygens (including phenoxy) is 1. The van der Waals surface area contributed by atoms with E-state index >= 15 is 0 Å². The lowest BCUT2D eigenvalue weighted by atomic mass is 10.2. The molecule has 2 aromatic carbocycles. The van der Waals surface area contributed by atoms with Crippen LogP contribution in [0.1, 0.15) is 24.7 Å². The molecule has 6 heteroatoms. The molecule has 0 spiro atoms. The highest BCUT2D eigenvalue weighted by Gasteiger charge is 2.10. The Morgan fingerprint density at radius 2 is 2.00 bits per heavy atom. The highest BCUT2D eigenvalue weighted by Crippen LogP contribution is 2.33. The number of hydrogen-bond acceptors (Lipinski definition) is 3.